The van der Waals surface area contributed by atoms with E-state index in [9.17, 15) is 0 Å². The summed E-state index contributed by atoms with van der Waals surface area (Å²) in [5.74, 6) is 0. The lowest BCUT2D eigenvalue weighted by Crippen LogP contribution is -2.37. The first-order valence-corrected chi connectivity index (χ1v) is 6.82. The minimum Gasteiger partial charge on any atom is -0.309 e. The molecule has 0 aromatic heterocycles. The molecule has 1 heterocycles. The van der Waals surface area contributed by atoms with Crippen molar-refractivity contribution in [3.8, 4) is 0 Å². The Morgan fingerprint density at radius 3 is 2.82 bits per heavy atom. The van der Waals surface area contributed by atoms with Crippen molar-refractivity contribution >= 4 is 11.6 Å². The Morgan fingerprint density at radius 2 is 2.12 bits per heavy atom. The lowest BCUT2D eigenvalue weighted by molar-refractivity contribution is 0.298. The number of hydrogen-bond acceptors (Lipinski definition) is 2. The van der Waals surface area contributed by atoms with Crippen molar-refractivity contribution in [2.45, 2.75) is 32.4 Å². The summed E-state index contributed by atoms with van der Waals surface area (Å²) in [6, 6.07) is 8.59. The van der Waals surface area contributed by atoms with Crippen molar-refractivity contribution in [3.63, 3.8) is 0 Å². The molecule has 17 heavy (non-hydrogen) atoms. The van der Waals surface area contributed by atoms with Crippen molar-refractivity contribution in [2.24, 2.45) is 0 Å². The summed E-state index contributed by atoms with van der Waals surface area (Å²) in [6.07, 6.45) is 2.72. The van der Waals surface area contributed by atoms with E-state index in [4.69, 9.17) is 11.6 Å². The van der Waals surface area contributed by atoms with E-state index in [0.717, 1.165) is 18.1 Å². The lowest BCUT2D eigenvalue weighted by atomic mass is 10.2. The number of nitrogens with one attached hydrogen (secondary N) is 1. The van der Waals surface area contributed by atoms with Gasteiger partial charge in [0.05, 0.1) is 0 Å². The van der Waals surface area contributed by atoms with Gasteiger partial charge in [0.15, 0.2) is 0 Å². The predicted molar refractivity (Wildman–Crippen MR) is 73.4 cm³/mol. The molecule has 2 nitrogen and oxygen atoms in total. The van der Waals surface area contributed by atoms with Crippen LogP contribution in [0.5, 0.6) is 0 Å². The summed E-state index contributed by atoms with van der Waals surface area (Å²) in [5.41, 5.74) is 1.26. The van der Waals surface area contributed by atoms with Crippen LogP contribution in [0, 0.1) is 0 Å². The molecular formula is C14H21ClN2. The van der Waals surface area contributed by atoms with Crippen LogP contribution in [0.2, 0.25) is 5.02 Å². The summed E-state index contributed by atoms with van der Waals surface area (Å²) in [6.45, 7) is 6.84. The van der Waals surface area contributed by atoms with Gasteiger partial charge >= 0.3 is 0 Å². The lowest BCUT2D eigenvalue weighted by Gasteiger charge is -2.21. The fourth-order valence-electron chi connectivity index (χ4n) is 2.36. The van der Waals surface area contributed by atoms with E-state index in [1.165, 1.54) is 31.5 Å². The van der Waals surface area contributed by atoms with Crippen LogP contribution in [0.15, 0.2) is 24.3 Å². The number of likely N-dealkylation sites (tertiary alicyclic amines) is 1. The standard InChI is InChI=1S/C14H21ClN2/c1-12(11-17-7-2-3-8-17)16-10-13-5-4-6-14(15)9-13/h4-6,9,12,16H,2-3,7-8,10-11H2,1H3. The van der Waals surface area contributed by atoms with Gasteiger partial charge in [-0.3, -0.25) is 0 Å². The Labute approximate surface area is 109 Å². The molecule has 1 unspecified atom stereocenters. The van der Waals surface area contributed by atoms with E-state index in [0.29, 0.717) is 6.04 Å². The molecule has 0 radical (unpaired) electrons. The molecule has 0 bridgehead atoms. The molecule has 1 aliphatic rings. The first kappa shape index (κ1) is 12.9. The van der Waals surface area contributed by atoms with Crippen molar-refractivity contribution in [1.29, 1.82) is 0 Å². The van der Waals surface area contributed by atoms with Gasteiger partial charge in [-0.1, -0.05) is 23.7 Å². The minimum absolute atomic E-state index is 0.534. The summed E-state index contributed by atoms with van der Waals surface area (Å²) in [4.78, 5) is 2.54. The van der Waals surface area contributed by atoms with E-state index < -0.39 is 0 Å². The zero-order chi connectivity index (χ0) is 12.1. The van der Waals surface area contributed by atoms with E-state index in [-0.39, 0.29) is 0 Å². The maximum atomic E-state index is 5.96. The van der Waals surface area contributed by atoms with Gasteiger partial charge in [0, 0.05) is 24.2 Å². The molecular weight excluding hydrogens is 232 g/mol. The van der Waals surface area contributed by atoms with Gasteiger partial charge in [-0.15, -0.1) is 0 Å². The fraction of sp³-hybridized carbons (Fsp3) is 0.571. The average Bonchev–Trinajstić information content (AvgIpc) is 2.79. The van der Waals surface area contributed by atoms with Crippen molar-refractivity contribution in [1.82, 2.24) is 10.2 Å². The van der Waals surface area contributed by atoms with Crippen LogP contribution in [0.25, 0.3) is 0 Å². The van der Waals surface area contributed by atoms with Gasteiger partial charge in [-0.2, -0.15) is 0 Å². The van der Waals surface area contributed by atoms with Crippen LogP contribution >= 0.6 is 11.6 Å². The second kappa shape index (κ2) is 6.39. The number of benzene rings is 1. The van der Waals surface area contributed by atoms with Gasteiger partial charge in [-0.05, 0) is 50.6 Å². The molecule has 1 fully saturated rings. The topological polar surface area (TPSA) is 15.3 Å². The summed E-state index contributed by atoms with van der Waals surface area (Å²) in [7, 11) is 0. The maximum Gasteiger partial charge on any atom is 0.0409 e. The van der Waals surface area contributed by atoms with E-state index in [1.54, 1.807) is 0 Å². The molecule has 94 valence electrons. The number of hydrogen-bond donors (Lipinski definition) is 1. The smallest absolute Gasteiger partial charge is 0.0409 e. The van der Waals surface area contributed by atoms with Crippen LogP contribution in [-0.2, 0) is 6.54 Å². The van der Waals surface area contributed by atoms with Gasteiger partial charge in [-0.25, -0.2) is 0 Å². The number of halogens is 1. The van der Waals surface area contributed by atoms with Gasteiger partial charge in [0.2, 0.25) is 0 Å². The Balaban J connectivity index is 1.73. The number of nitrogens with zero attached hydrogens (tertiary/aromatic N) is 1. The Kier molecular flexibility index (Phi) is 4.84. The van der Waals surface area contributed by atoms with Crippen LogP contribution < -0.4 is 5.32 Å². The third-order valence-corrected chi connectivity index (χ3v) is 3.51. The van der Waals surface area contributed by atoms with E-state index >= 15 is 0 Å². The highest BCUT2D eigenvalue weighted by molar-refractivity contribution is 6.30. The Bertz CT molecular complexity index is 348. The number of rotatable bonds is 5. The summed E-state index contributed by atoms with van der Waals surface area (Å²) >= 11 is 5.96. The SMILES string of the molecule is CC(CN1CCCC1)NCc1cccc(Cl)c1. The molecule has 2 rings (SSSR count). The van der Waals surface area contributed by atoms with Crippen LogP contribution in [0.1, 0.15) is 25.3 Å². The monoisotopic (exact) mass is 252 g/mol. The molecule has 1 aromatic rings. The third kappa shape index (κ3) is 4.30. The molecule has 1 saturated heterocycles. The molecule has 0 spiro atoms. The minimum atomic E-state index is 0.534. The molecule has 3 heteroatoms. The van der Waals surface area contributed by atoms with Crippen molar-refractivity contribution in [2.75, 3.05) is 19.6 Å². The molecule has 0 amide bonds. The molecule has 1 aromatic carbocycles. The highest BCUT2D eigenvalue weighted by Crippen LogP contribution is 2.11. The highest BCUT2D eigenvalue weighted by Gasteiger charge is 2.13. The first-order chi connectivity index (χ1) is 8.24. The van der Waals surface area contributed by atoms with E-state index in [2.05, 4.69) is 23.2 Å². The van der Waals surface area contributed by atoms with Crippen LogP contribution in [0.4, 0.5) is 0 Å². The largest absolute Gasteiger partial charge is 0.309 e. The van der Waals surface area contributed by atoms with Crippen molar-refractivity contribution < 1.29 is 0 Å². The van der Waals surface area contributed by atoms with Gasteiger partial charge < -0.3 is 10.2 Å². The maximum absolute atomic E-state index is 5.96. The van der Waals surface area contributed by atoms with E-state index in [1.807, 2.05) is 18.2 Å². The zero-order valence-corrected chi connectivity index (χ0v) is 11.2. The van der Waals surface area contributed by atoms with Crippen molar-refractivity contribution in [3.05, 3.63) is 34.9 Å². The third-order valence-electron chi connectivity index (χ3n) is 3.27. The van der Waals surface area contributed by atoms with Crippen LogP contribution in [0.3, 0.4) is 0 Å². The second-order valence-electron chi connectivity index (χ2n) is 4.92. The predicted octanol–water partition coefficient (Wildman–Crippen LogP) is 2.91. The first-order valence-electron chi connectivity index (χ1n) is 6.44. The molecule has 0 aliphatic carbocycles. The summed E-state index contributed by atoms with van der Waals surface area (Å²) < 4.78 is 0. The molecule has 1 aliphatic heterocycles. The van der Waals surface area contributed by atoms with Gasteiger partial charge in [0.25, 0.3) is 0 Å². The molecule has 0 saturated carbocycles. The molecule has 1 N–H and O–H groups in total. The zero-order valence-electron chi connectivity index (χ0n) is 10.5. The quantitative estimate of drug-likeness (QED) is 0.867. The Hall–Kier alpha value is -0.570. The Morgan fingerprint density at radius 1 is 1.35 bits per heavy atom. The van der Waals surface area contributed by atoms with Gasteiger partial charge in [0.1, 0.15) is 0 Å². The molecule has 1 atom stereocenters. The normalized spacial score (nSPS) is 18.5. The van der Waals surface area contributed by atoms with Crippen LogP contribution in [-0.4, -0.2) is 30.6 Å². The fourth-order valence-corrected chi connectivity index (χ4v) is 2.57. The second-order valence-corrected chi connectivity index (χ2v) is 5.36. The highest BCUT2D eigenvalue weighted by atomic mass is 35.5. The average molecular weight is 253 g/mol. The summed E-state index contributed by atoms with van der Waals surface area (Å²) in [5, 5.41) is 4.37.